The van der Waals surface area contributed by atoms with Gasteiger partial charge in [-0.05, 0) is 54.0 Å². The highest BCUT2D eigenvalue weighted by molar-refractivity contribution is 6.35. The van der Waals surface area contributed by atoms with Crippen molar-refractivity contribution < 1.29 is 0 Å². The molecule has 2 aromatic rings. The molecule has 3 fully saturated rings. The van der Waals surface area contributed by atoms with Gasteiger partial charge >= 0.3 is 0 Å². The standard InChI is InChI=1S/C15H18Cl2N4/c1-15(2)9-4-3-8(10(15)5-9)6-21-7-18-11-12(16)19-14(17)20-13(11)21/h7-10H,3-6H2,1-2H3/t8-,9+,10+/m1/s1. The highest BCUT2D eigenvalue weighted by Crippen LogP contribution is 2.61. The summed E-state index contributed by atoms with van der Waals surface area (Å²) in [7, 11) is 0. The molecule has 0 unspecified atom stereocenters. The number of hydrogen-bond acceptors (Lipinski definition) is 3. The summed E-state index contributed by atoms with van der Waals surface area (Å²) < 4.78 is 2.09. The number of fused-ring (bicyclic) bond motifs is 3. The number of imidazole rings is 1. The summed E-state index contributed by atoms with van der Waals surface area (Å²) in [5.41, 5.74) is 1.88. The summed E-state index contributed by atoms with van der Waals surface area (Å²) in [5, 5.41) is 0.512. The smallest absolute Gasteiger partial charge is 0.225 e. The molecule has 3 saturated carbocycles. The maximum Gasteiger partial charge on any atom is 0.225 e. The molecular weight excluding hydrogens is 307 g/mol. The van der Waals surface area contributed by atoms with Gasteiger partial charge in [0.15, 0.2) is 10.8 Å². The summed E-state index contributed by atoms with van der Waals surface area (Å²) in [4.78, 5) is 12.6. The highest BCUT2D eigenvalue weighted by Gasteiger charge is 2.54. The van der Waals surface area contributed by atoms with Crippen LogP contribution in [-0.2, 0) is 6.54 Å². The van der Waals surface area contributed by atoms with Gasteiger partial charge in [0.1, 0.15) is 5.52 Å². The van der Waals surface area contributed by atoms with Crippen LogP contribution >= 0.6 is 23.2 Å². The first-order chi connectivity index (χ1) is 9.96. The quantitative estimate of drug-likeness (QED) is 0.614. The van der Waals surface area contributed by atoms with E-state index in [0.717, 1.165) is 24.0 Å². The first kappa shape index (κ1) is 13.8. The molecule has 0 amide bonds. The number of halogens is 2. The topological polar surface area (TPSA) is 43.6 Å². The van der Waals surface area contributed by atoms with Crippen LogP contribution in [0.3, 0.4) is 0 Å². The molecule has 2 heterocycles. The first-order valence-electron chi connectivity index (χ1n) is 7.50. The molecule has 2 aromatic heterocycles. The fourth-order valence-electron chi connectivity index (χ4n) is 4.45. The lowest BCUT2D eigenvalue weighted by molar-refractivity contribution is -0.108. The number of rotatable bonds is 2. The largest absolute Gasteiger partial charge is 0.315 e. The zero-order chi connectivity index (χ0) is 14.8. The normalized spacial score (nSPS) is 30.4. The van der Waals surface area contributed by atoms with Crippen LogP contribution in [0, 0.1) is 23.2 Å². The van der Waals surface area contributed by atoms with Crippen LogP contribution < -0.4 is 0 Å². The molecule has 4 nitrogen and oxygen atoms in total. The van der Waals surface area contributed by atoms with Gasteiger partial charge in [0.25, 0.3) is 0 Å². The molecule has 5 rings (SSSR count). The average Bonchev–Trinajstić information content (AvgIpc) is 2.82. The minimum atomic E-state index is 0.182. The third-order valence-corrected chi connectivity index (χ3v) is 6.26. The van der Waals surface area contributed by atoms with Gasteiger partial charge < -0.3 is 4.57 Å². The molecule has 0 radical (unpaired) electrons. The Morgan fingerprint density at radius 3 is 2.81 bits per heavy atom. The maximum atomic E-state index is 6.09. The molecule has 0 aromatic carbocycles. The van der Waals surface area contributed by atoms with E-state index < -0.39 is 0 Å². The second kappa shape index (κ2) is 4.56. The van der Waals surface area contributed by atoms with E-state index >= 15 is 0 Å². The maximum absolute atomic E-state index is 6.09. The van der Waals surface area contributed by atoms with E-state index in [9.17, 15) is 0 Å². The van der Waals surface area contributed by atoms with Crippen molar-refractivity contribution in [2.45, 2.75) is 39.7 Å². The Kier molecular flexibility index (Phi) is 2.99. The van der Waals surface area contributed by atoms with Gasteiger partial charge in [-0.15, -0.1) is 0 Å². The van der Waals surface area contributed by atoms with Crippen molar-refractivity contribution in [2.75, 3.05) is 0 Å². The number of aromatic nitrogens is 4. The summed E-state index contributed by atoms with van der Waals surface area (Å²) in [6, 6.07) is 0. The molecule has 0 N–H and O–H groups in total. The van der Waals surface area contributed by atoms with Crippen LogP contribution in [0.15, 0.2) is 6.33 Å². The zero-order valence-corrected chi connectivity index (χ0v) is 13.7. The van der Waals surface area contributed by atoms with E-state index in [1.165, 1.54) is 19.3 Å². The molecule has 2 bridgehead atoms. The Labute approximate surface area is 133 Å². The van der Waals surface area contributed by atoms with Crippen molar-refractivity contribution in [1.29, 1.82) is 0 Å². The molecule has 112 valence electrons. The van der Waals surface area contributed by atoms with E-state index in [2.05, 4.69) is 33.4 Å². The van der Waals surface area contributed by atoms with E-state index in [1.807, 2.05) is 6.33 Å². The lowest BCUT2D eigenvalue weighted by Gasteiger charge is -2.60. The summed E-state index contributed by atoms with van der Waals surface area (Å²) >= 11 is 12.0. The third kappa shape index (κ3) is 1.99. The van der Waals surface area contributed by atoms with Gasteiger partial charge in [-0.2, -0.15) is 4.98 Å². The number of nitrogens with zero attached hydrogens (tertiary/aromatic N) is 4. The zero-order valence-electron chi connectivity index (χ0n) is 12.2. The molecular formula is C15H18Cl2N4. The van der Waals surface area contributed by atoms with Gasteiger partial charge in [-0.3, -0.25) is 0 Å². The van der Waals surface area contributed by atoms with Crippen LogP contribution in [0.2, 0.25) is 10.4 Å². The highest BCUT2D eigenvalue weighted by atomic mass is 35.5. The Hall–Kier alpha value is -0.870. The van der Waals surface area contributed by atoms with Crippen LogP contribution in [0.25, 0.3) is 11.2 Å². The summed E-state index contributed by atoms with van der Waals surface area (Å²) in [6.45, 7) is 5.78. The third-order valence-electron chi connectivity index (χ3n) is 5.83. The molecule has 21 heavy (non-hydrogen) atoms. The second-order valence-corrected chi connectivity index (χ2v) is 7.75. The predicted molar refractivity (Wildman–Crippen MR) is 83.4 cm³/mol. The van der Waals surface area contributed by atoms with Gasteiger partial charge in [-0.1, -0.05) is 25.4 Å². The average molecular weight is 325 g/mol. The monoisotopic (exact) mass is 324 g/mol. The van der Waals surface area contributed by atoms with Crippen molar-refractivity contribution in [3.63, 3.8) is 0 Å². The van der Waals surface area contributed by atoms with E-state index in [-0.39, 0.29) is 5.28 Å². The van der Waals surface area contributed by atoms with Gasteiger partial charge in [0.05, 0.1) is 6.33 Å². The fourth-order valence-corrected chi connectivity index (χ4v) is 4.87. The molecule has 0 spiro atoms. The Bertz CT molecular complexity index is 707. The second-order valence-electron chi connectivity index (χ2n) is 7.05. The van der Waals surface area contributed by atoms with Crippen molar-refractivity contribution in [1.82, 2.24) is 19.5 Å². The van der Waals surface area contributed by atoms with Crippen molar-refractivity contribution in [2.24, 2.45) is 23.2 Å². The minimum absolute atomic E-state index is 0.182. The summed E-state index contributed by atoms with van der Waals surface area (Å²) in [5.74, 6) is 2.42. The van der Waals surface area contributed by atoms with Crippen LogP contribution in [0.4, 0.5) is 0 Å². The van der Waals surface area contributed by atoms with Gasteiger partial charge in [0, 0.05) is 6.54 Å². The molecule has 6 heteroatoms. The lowest BCUT2D eigenvalue weighted by Crippen LogP contribution is -2.53. The van der Waals surface area contributed by atoms with E-state index in [4.69, 9.17) is 23.2 Å². The SMILES string of the molecule is CC1(C)[C@H]2CC[C@H](Cn3cnc4c(Cl)nc(Cl)nc43)[C@@H]1C2. The Morgan fingerprint density at radius 2 is 2.10 bits per heavy atom. The summed E-state index contributed by atoms with van der Waals surface area (Å²) in [6.07, 6.45) is 5.84. The lowest BCUT2D eigenvalue weighted by atomic mass is 9.45. The van der Waals surface area contributed by atoms with Crippen LogP contribution in [0.1, 0.15) is 33.1 Å². The number of hydrogen-bond donors (Lipinski definition) is 0. The van der Waals surface area contributed by atoms with Crippen LogP contribution in [-0.4, -0.2) is 19.5 Å². The predicted octanol–water partition coefficient (Wildman–Crippen LogP) is 4.21. The van der Waals surface area contributed by atoms with E-state index in [1.54, 1.807) is 0 Å². The minimum Gasteiger partial charge on any atom is -0.315 e. The fraction of sp³-hybridized carbons (Fsp3) is 0.667. The molecule has 3 aliphatic rings. The van der Waals surface area contributed by atoms with Gasteiger partial charge in [-0.25, -0.2) is 9.97 Å². The Morgan fingerprint density at radius 1 is 1.29 bits per heavy atom. The Balaban J connectivity index is 1.66. The van der Waals surface area contributed by atoms with Crippen molar-refractivity contribution in [3.8, 4) is 0 Å². The van der Waals surface area contributed by atoms with Crippen LogP contribution in [0.5, 0.6) is 0 Å². The van der Waals surface area contributed by atoms with Crippen molar-refractivity contribution >= 4 is 34.4 Å². The van der Waals surface area contributed by atoms with Gasteiger partial charge in [0.2, 0.25) is 5.28 Å². The first-order valence-corrected chi connectivity index (χ1v) is 8.26. The molecule has 3 atom stereocenters. The molecule has 0 aliphatic heterocycles. The van der Waals surface area contributed by atoms with Crippen molar-refractivity contribution in [3.05, 3.63) is 16.8 Å². The van der Waals surface area contributed by atoms with E-state index in [0.29, 0.717) is 22.0 Å². The molecule has 0 saturated heterocycles. The molecule has 3 aliphatic carbocycles.